The molecule has 0 unspecified atom stereocenters. The third-order valence-corrected chi connectivity index (χ3v) is 7.70. The Morgan fingerprint density at radius 2 is 1.52 bits per heavy atom. The van der Waals surface area contributed by atoms with Crippen molar-refractivity contribution in [1.29, 1.82) is 0 Å². The second-order valence-electron chi connectivity index (χ2n) is 7.70. The van der Waals surface area contributed by atoms with E-state index >= 15 is 0 Å². The van der Waals surface area contributed by atoms with Gasteiger partial charge in [0, 0.05) is 33.2 Å². The lowest BCUT2D eigenvalue weighted by atomic mass is 10.2. The summed E-state index contributed by atoms with van der Waals surface area (Å²) < 4.78 is 69.4. The normalized spacial score (nSPS) is 15.8. The molecule has 8 nitrogen and oxygen atoms in total. The van der Waals surface area contributed by atoms with E-state index in [-0.39, 0.29) is 44.3 Å². The minimum absolute atomic E-state index is 0.00572. The number of benzene rings is 2. The minimum Gasteiger partial charge on any atom is -0.338 e. The van der Waals surface area contributed by atoms with E-state index in [0.717, 1.165) is 22.5 Å². The van der Waals surface area contributed by atoms with E-state index in [9.17, 15) is 31.2 Å². The zero-order chi connectivity index (χ0) is 24.0. The van der Waals surface area contributed by atoms with Crippen molar-refractivity contribution in [1.82, 2.24) is 18.3 Å². The first kappa shape index (κ1) is 23.1. The van der Waals surface area contributed by atoms with Gasteiger partial charge in [-0.05, 0) is 24.3 Å². The van der Waals surface area contributed by atoms with Crippen molar-refractivity contribution in [3.8, 4) is 0 Å². The zero-order valence-corrected chi connectivity index (χ0v) is 18.4. The fourth-order valence-corrected chi connectivity index (χ4v) is 5.63. The SMILES string of the molecule is Cn1c(=O)n(CC(=O)N2CCN(S(=O)(=O)c3ccccc3C(F)(F)F)CC2)c2ccccc21. The number of para-hydroxylation sites is 2. The molecule has 1 aliphatic heterocycles. The van der Waals surface area contributed by atoms with E-state index in [1.54, 1.807) is 31.3 Å². The molecule has 0 N–H and O–H groups in total. The van der Waals surface area contributed by atoms with E-state index < -0.39 is 26.7 Å². The first-order valence-corrected chi connectivity index (χ1v) is 11.5. The maximum Gasteiger partial charge on any atom is 0.417 e. The molecule has 0 saturated carbocycles. The summed E-state index contributed by atoms with van der Waals surface area (Å²) in [5.74, 6) is -0.374. The molecule has 0 radical (unpaired) electrons. The molecule has 2 aromatic carbocycles. The van der Waals surface area contributed by atoms with E-state index in [0.29, 0.717) is 11.0 Å². The molecule has 0 atom stereocenters. The number of sulfonamides is 1. The Hall–Kier alpha value is -3.12. The predicted molar refractivity (Wildman–Crippen MR) is 114 cm³/mol. The van der Waals surface area contributed by atoms with Crippen molar-refractivity contribution in [3.63, 3.8) is 0 Å². The van der Waals surface area contributed by atoms with E-state index in [2.05, 4.69) is 0 Å². The first-order chi connectivity index (χ1) is 15.5. The number of aryl methyl sites for hydroxylation is 1. The molecule has 1 saturated heterocycles. The van der Waals surface area contributed by atoms with Crippen molar-refractivity contribution < 1.29 is 26.4 Å². The molecule has 33 heavy (non-hydrogen) atoms. The minimum atomic E-state index is -4.81. The highest BCUT2D eigenvalue weighted by molar-refractivity contribution is 7.89. The summed E-state index contributed by atoms with van der Waals surface area (Å²) in [6, 6.07) is 11.1. The van der Waals surface area contributed by atoms with Gasteiger partial charge in [0.2, 0.25) is 15.9 Å². The number of hydrogen-bond donors (Lipinski definition) is 0. The molecular formula is C21H21F3N4O4S. The van der Waals surface area contributed by atoms with Crippen LogP contribution in [0.3, 0.4) is 0 Å². The number of hydrogen-bond acceptors (Lipinski definition) is 4. The zero-order valence-electron chi connectivity index (χ0n) is 17.6. The van der Waals surface area contributed by atoms with E-state index in [4.69, 9.17) is 0 Å². The van der Waals surface area contributed by atoms with Crippen LogP contribution in [0, 0.1) is 0 Å². The maximum absolute atomic E-state index is 13.3. The fourth-order valence-electron chi connectivity index (χ4n) is 3.99. The Morgan fingerprint density at radius 1 is 0.939 bits per heavy atom. The van der Waals surface area contributed by atoms with Gasteiger partial charge in [0.15, 0.2) is 0 Å². The maximum atomic E-state index is 13.3. The number of fused-ring (bicyclic) bond motifs is 1. The number of amides is 1. The van der Waals surface area contributed by atoms with Crippen LogP contribution in [0.15, 0.2) is 58.2 Å². The summed E-state index contributed by atoms with van der Waals surface area (Å²) in [6.07, 6.45) is -4.81. The second-order valence-corrected chi connectivity index (χ2v) is 9.60. The van der Waals surface area contributed by atoms with Crippen molar-refractivity contribution in [2.75, 3.05) is 26.2 Å². The Bertz CT molecular complexity index is 1370. The molecule has 1 amide bonds. The molecule has 3 aromatic rings. The molecule has 1 aromatic heterocycles. The molecule has 2 heterocycles. The first-order valence-electron chi connectivity index (χ1n) is 10.1. The average molecular weight is 482 g/mol. The Balaban J connectivity index is 1.50. The summed E-state index contributed by atoms with van der Waals surface area (Å²) in [7, 11) is -2.79. The number of carbonyl (C=O) groups excluding carboxylic acids is 1. The highest BCUT2D eigenvalue weighted by atomic mass is 32.2. The third-order valence-electron chi connectivity index (χ3n) is 5.75. The van der Waals surface area contributed by atoms with Gasteiger partial charge in [0.25, 0.3) is 0 Å². The Morgan fingerprint density at radius 3 is 2.15 bits per heavy atom. The van der Waals surface area contributed by atoms with Crippen molar-refractivity contribution in [2.24, 2.45) is 7.05 Å². The summed E-state index contributed by atoms with van der Waals surface area (Å²) in [4.78, 5) is 26.0. The van der Waals surface area contributed by atoms with Crippen LogP contribution in [-0.2, 0) is 34.6 Å². The van der Waals surface area contributed by atoms with Gasteiger partial charge in [-0.3, -0.25) is 13.9 Å². The number of nitrogens with zero attached hydrogens (tertiary/aromatic N) is 4. The van der Waals surface area contributed by atoms with Crippen molar-refractivity contribution in [3.05, 3.63) is 64.6 Å². The summed E-state index contributed by atoms with van der Waals surface area (Å²) in [5.41, 5.74) is -0.300. The number of rotatable bonds is 4. The summed E-state index contributed by atoms with van der Waals surface area (Å²) in [6.45, 7) is -0.503. The molecule has 0 spiro atoms. The highest BCUT2D eigenvalue weighted by Gasteiger charge is 2.39. The number of halogens is 3. The van der Waals surface area contributed by atoms with Crippen LogP contribution >= 0.6 is 0 Å². The molecule has 4 rings (SSSR count). The number of alkyl halides is 3. The quantitative estimate of drug-likeness (QED) is 0.569. The number of aromatic nitrogens is 2. The fraction of sp³-hybridized carbons (Fsp3) is 0.333. The molecule has 1 fully saturated rings. The number of imidazole rings is 1. The van der Waals surface area contributed by atoms with Crippen LogP contribution in [0.5, 0.6) is 0 Å². The summed E-state index contributed by atoms with van der Waals surface area (Å²) >= 11 is 0. The monoisotopic (exact) mass is 482 g/mol. The van der Waals surface area contributed by atoms with Crippen molar-refractivity contribution >= 4 is 27.0 Å². The smallest absolute Gasteiger partial charge is 0.338 e. The largest absolute Gasteiger partial charge is 0.417 e. The summed E-state index contributed by atoms with van der Waals surface area (Å²) in [5, 5.41) is 0. The van der Waals surface area contributed by atoms with Crippen LogP contribution < -0.4 is 5.69 Å². The number of carbonyl (C=O) groups is 1. The highest BCUT2D eigenvalue weighted by Crippen LogP contribution is 2.35. The lowest BCUT2D eigenvalue weighted by Crippen LogP contribution is -2.51. The second kappa shape index (κ2) is 8.34. The van der Waals surface area contributed by atoms with Gasteiger partial charge in [0.05, 0.1) is 21.5 Å². The predicted octanol–water partition coefficient (Wildman–Crippen LogP) is 1.89. The van der Waals surface area contributed by atoms with E-state index in [1.165, 1.54) is 20.1 Å². The third kappa shape index (κ3) is 4.15. The Kier molecular flexibility index (Phi) is 5.83. The van der Waals surface area contributed by atoms with Crippen LogP contribution in [0.25, 0.3) is 11.0 Å². The standard InChI is InChI=1S/C21H21F3N4O4S/c1-25-16-7-3-4-8-17(16)28(20(25)30)14-19(29)26-10-12-27(13-11-26)33(31,32)18-9-5-2-6-15(18)21(22,23)24/h2-9H,10-14H2,1H3. The van der Waals surface area contributed by atoms with Crippen LogP contribution in [0.2, 0.25) is 0 Å². The van der Waals surface area contributed by atoms with Gasteiger partial charge < -0.3 is 4.90 Å². The van der Waals surface area contributed by atoms with Crippen LogP contribution in [0.4, 0.5) is 13.2 Å². The molecule has 1 aliphatic rings. The van der Waals surface area contributed by atoms with Crippen LogP contribution in [-0.4, -0.2) is 58.8 Å². The van der Waals surface area contributed by atoms with Gasteiger partial charge in [-0.25, -0.2) is 13.2 Å². The molecule has 176 valence electrons. The van der Waals surface area contributed by atoms with Gasteiger partial charge in [0.1, 0.15) is 6.54 Å². The molecule has 0 bridgehead atoms. The molecule has 12 heteroatoms. The topological polar surface area (TPSA) is 84.6 Å². The van der Waals surface area contributed by atoms with Gasteiger partial charge in [-0.2, -0.15) is 17.5 Å². The molecule has 0 aliphatic carbocycles. The molecular weight excluding hydrogens is 461 g/mol. The lowest BCUT2D eigenvalue weighted by Gasteiger charge is -2.34. The van der Waals surface area contributed by atoms with Gasteiger partial charge in [-0.15, -0.1) is 0 Å². The lowest BCUT2D eigenvalue weighted by molar-refractivity contribution is -0.139. The van der Waals surface area contributed by atoms with Gasteiger partial charge >= 0.3 is 11.9 Å². The Labute approximate surface area is 187 Å². The van der Waals surface area contributed by atoms with E-state index in [1.807, 2.05) is 0 Å². The number of piperazine rings is 1. The van der Waals surface area contributed by atoms with Crippen molar-refractivity contribution in [2.45, 2.75) is 17.6 Å². The average Bonchev–Trinajstić information content (AvgIpc) is 3.03. The van der Waals surface area contributed by atoms with Gasteiger partial charge in [-0.1, -0.05) is 24.3 Å². The van der Waals surface area contributed by atoms with Crippen LogP contribution in [0.1, 0.15) is 5.56 Å².